The van der Waals surface area contributed by atoms with E-state index in [4.69, 9.17) is 28.1 Å². The van der Waals surface area contributed by atoms with Crippen LogP contribution in [0.5, 0.6) is 23.0 Å². The number of phenols is 2. The topological polar surface area (TPSA) is 146 Å². The number of ether oxygens (including phenoxy) is 2. The summed E-state index contributed by atoms with van der Waals surface area (Å²) in [4.78, 5) is 0. The molecule has 2 N–H and O–H groups in total. The minimum Gasteiger partial charge on any atom is -0.508 e. The van der Waals surface area contributed by atoms with Crippen LogP contribution in [0.1, 0.15) is 0 Å². The van der Waals surface area contributed by atoms with Crippen LogP contribution in [0.3, 0.4) is 0 Å². The molecule has 0 radical (unpaired) electrons. The normalized spacial score (nSPS) is 11.9. The standard InChI is InChI=1S/C17H20O10S2/c18-14-1-5-16(6-2-14)26-28(20,21)11-9-24-13-25-10-12-29(22,23)27-17-7-3-15(19)4-8-17/h1-8,18-19H,9-13H2. The second-order valence-electron chi connectivity index (χ2n) is 5.61. The van der Waals surface area contributed by atoms with Crippen LogP contribution in [-0.2, 0) is 29.7 Å². The average molecular weight is 448 g/mol. The molecule has 0 unspecified atom stereocenters. The lowest BCUT2D eigenvalue weighted by molar-refractivity contribution is -0.0435. The molecule has 2 aromatic carbocycles. The van der Waals surface area contributed by atoms with Gasteiger partial charge in [-0.3, -0.25) is 0 Å². The molecular formula is C17H20O10S2. The summed E-state index contributed by atoms with van der Waals surface area (Å²) >= 11 is 0. The van der Waals surface area contributed by atoms with Crippen molar-refractivity contribution in [2.45, 2.75) is 0 Å². The summed E-state index contributed by atoms with van der Waals surface area (Å²) < 4.78 is 66.8. The van der Waals surface area contributed by atoms with E-state index in [-0.39, 0.29) is 43.0 Å². The number of hydrogen-bond acceptors (Lipinski definition) is 10. The molecule has 0 aliphatic rings. The zero-order valence-corrected chi connectivity index (χ0v) is 16.8. The number of hydrogen-bond donors (Lipinski definition) is 2. The fourth-order valence-electron chi connectivity index (χ4n) is 1.88. The third kappa shape index (κ3) is 9.00. The molecule has 0 aromatic heterocycles. The van der Waals surface area contributed by atoms with Gasteiger partial charge in [0.1, 0.15) is 41.3 Å². The highest BCUT2D eigenvalue weighted by Crippen LogP contribution is 2.18. The Morgan fingerprint density at radius 1 is 0.621 bits per heavy atom. The van der Waals surface area contributed by atoms with Crippen molar-refractivity contribution >= 4 is 20.2 Å². The van der Waals surface area contributed by atoms with Crippen molar-refractivity contribution in [1.29, 1.82) is 0 Å². The zero-order valence-electron chi connectivity index (χ0n) is 15.1. The minimum absolute atomic E-state index is 0.0225. The Kier molecular flexibility index (Phi) is 8.08. The molecule has 0 saturated heterocycles. The van der Waals surface area contributed by atoms with Crippen molar-refractivity contribution in [1.82, 2.24) is 0 Å². The monoisotopic (exact) mass is 448 g/mol. The van der Waals surface area contributed by atoms with E-state index in [0.717, 1.165) is 0 Å². The fourth-order valence-corrected chi connectivity index (χ4v) is 3.50. The molecule has 0 fully saturated rings. The van der Waals surface area contributed by atoms with E-state index in [9.17, 15) is 16.8 Å². The quantitative estimate of drug-likeness (QED) is 0.276. The van der Waals surface area contributed by atoms with E-state index >= 15 is 0 Å². The Hall–Kier alpha value is -2.54. The van der Waals surface area contributed by atoms with Gasteiger partial charge >= 0.3 is 20.2 Å². The van der Waals surface area contributed by atoms with Crippen LogP contribution in [0.2, 0.25) is 0 Å². The number of benzene rings is 2. The minimum atomic E-state index is -3.90. The third-order valence-electron chi connectivity index (χ3n) is 3.24. The molecule has 29 heavy (non-hydrogen) atoms. The molecule has 0 aliphatic carbocycles. The van der Waals surface area contributed by atoms with Crippen LogP contribution in [-0.4, -0.2) is 58.6 Å². The van der Waals surface area contributed by atoms with Crippen molar-refractivity contribution in [2.24, 2.45) is 0 Å². The number of phenolic OH excluding ortho intramolecular Hbond substituents is 2. The molecular weight excluding hydrogens is 428 g/mol. The summed E-state index contributed by atoms with van der Waals surface area (Å²) in [5.74, 6) is -0.828. The van der Waals surface area contributed by atoms with Gasteiger partial charge in [-0.2, -0.15) is 16.8 Å². The summed E-state index contributed by atoms with van der Waals surface area (Å²) in [5.41, 5.74) is 0. The summed E-state index contributed by atoms with van der Waals surface area (Å²) in [7, 11) is -7.79. The molecule has 0 atom stereocenters. The van der Waals surface area contributed by atoms with E-state index in [2.05, 4.69) is 0 Å². The first-order valence-electron chi connectivity index (χ1n) is 8.23. The summed E-state index contributed by atoms with van der Waals surface area (Å²) in [5, 5.41) is 18.3. The predicted molar refractivity (Wildman–Crippen MR) is 102 cm³/mol. The number of rotatable bonds is 12. The highest BCUT2D eigenvalue weighted by atomic mass is 32.2. The maximum atomic E-state index is 11.8. The van der Waals surface area contributed by atoms with Crippen molar-refractivity contribution < 1.29 is 44.9 Å². The van der Waals surface area contributed by atoms with Gasteiger partial charge in [-0.1, -0.05) is 0 Å². The van der Waals surface area contributed by atoms with Crippen LogP contribution >= 0.6 is 0 Å². The zero-order chi connectivity index (χ0) is 21.3. The Labute approximate surface area is 168 Å². The summed E-state index contributed by atoms with van der Waals surface area (Å²) in [6.45, 7) is -0.766. The smallest absolute Gasteiger partial charge is 0.311 e. The molecule has 0 aliphatic heterocycles. The SMILES string of the molecule is O=S(=O)(CCOCOCCS(=O)(=O)Oc1ccc(O)cc1)Oc1ccc(O)cc1. The van der Waals surface area contributed by atoms with E-state index in [1.54, 1.807) is 0 Å². The highest BCUT2D eigenvalue weighted by Gasteiger charge is 2.14. The molecule has 0 saturated carbocycles. The lowest BCUT2D eigenvalue weighted by Crippen LogP contribution is -2.20. The van der Waals surface area contributed by atoms with Crippen LogP contribution in [0.25, 0.3) is 0 Å². The van der Waals surface area contributed by atoms with E-state index < -0.39 is 31.7 Å². The Balaban J connectivity index is 1.61. The van der Waals surface area contributed by atoms with Crippen LogP contribution < -0.4 is 8.37 Å². The maximum absolute atomic E-state index is 11.8. The molecule has 0 spiro atoms. The van der Waals surface area contributed by atoms with Gasteiger partial charge in [0.2, 0.25) is 0 Å². The molecule has 2 aromatic rings. The molecule has 2 rings (SSSR count). The summed E-state index contributed by atoms with van der Waals surface area (Å²) in [6.07, 6.45) is 0. The largest absolute Gasteiger partial charge is 0.508 e. The lowest BCUT2D eigenvalue weighted by atomic mass is 10.3. The molecule has 0 heterocycles. The van der Waals surface area contributed by atoms with Gasteiger partial charge in [-0.05, 0) is 48.5 Å². The molecule has 0 bridgehead atoms. The number of aromatic hydroxyl groups is 2. The Morgan fingerprint density at radius 2 is 0.966 bits per heavy atom. The third-order valence-corrected chi connectivity index (χ3v) is 5.47. The first-order chi connectivity index (χ1) is 13.7. The first-order valence-corrected chi connectivity index (χ1v) is 11.4. The van der Waals surface area contributed by atoms with Gasteiger partial charge in [0, 0.05) is 0 Å². The van der Waals surface area contributed by atoms with Gasteiger partial charge in [0.25, 0.3) is 0 Å². The predicted octanol–water partition coefficient (Wildman–Crippen LogP) is 1.21. The van der Waals surface area contributed by atoms with Crippen molar-refractivity contribution in [3.8, 4) is 23.0 Å². The first kappa shape index (κ1) is 22.7. The molecule has 12 heteroatoms. The van der Waals surface area contributed by atoms with E-state index in [1.165, 1.54) is 48.5 Å². The highest BCUT2D eigenvalue weighted by molar-refractivity contribution is 7.87. The van der Waals surface area contributed by atoms with Crippen molar-refractivity contribution in [3.05, 3.63) is 48.5 Å². The van der Waals surface area contributed by atoms with E-state index in [0.29, 0.717) is 0 Å². The fraction of sp³-hybridized carbons (Fsp3) is 0.294. The Bertz CT molecular complexity index is 886. The van der Waals surface area contributed by atoms with Gasteiger partial charge in [-0.25, -0.2) is 0 Å². The molecule has 160 valence electrons. The second kappa shape index (κ2) is 10.3. The molecule has 0 amide bonds. The Morgan fingerprint density at radius 3 is 1.31 bits per heavy atom. The maximum Gasteiger partial charge on any atom is 0.311 e. The second-order valence-corrected chi connectivity index (χ2v) is 8.99. The van der Waals surface area contributed by atoms with Crippen molar-refractivity contribution in [3.63, 3.8) is 0 Å². The van der Waals surface area contributed by atoms with Gasteiger partial charge < -0.3 is 28.1 Å². The summed E-state index contributed by atoms with van der Waals surface area (Å²) in [6, 6.07) is 10.4. The van der Waals surface area contributed by atoms with Crippen LogP contribution in [0, 0.1) is 0 Å². The molecule has 10 nitrogen and oxygen atoms in total. The van der Waals surface area contributed by atoms with Gasteiger partial charge in [0.15, 0.2) is 0 Å². The van der Waals surface area contributed by atoms with Crippen molar-refractivity contribution in [2.75, 3.05) is 31.5 Å². The average Bonchev–Trinajstić information content (AvgIpc) is 2.64. The lowest BCUT2D eigenvalue weighted by Gasteiger charge is -2.09. The van der Waals surface area contributed by atoms with E-state index in [1.807, 2.05) is 0 Å². The van der Waals surface area contributed by atoms with Crippen LogP contribution in [0.4, 0.5) is 0 Å². The van der Waals surface area contributed by atoms with Gasteiger partial charge in [0.05, 0.1) is 13.2 Å². The van der Waals surface area contributed by atoms with Crippen LogP contribution in [0.15, 0.2) is 48.5 Å². The van der Waals surface area contributed by atoms with Gasteiger partial charge in [-0.15, -0.1) is 0 Å².